The number of aliphatic hydroxyl groups is 1. The van der Waals surface area contributed by atoms with E-state index in [4.69, 9.17) is 5.11 Å². The van der Waals surface area contributed by atoms with E-state index in [1.165, 1.54) is 0 Å². The van der Waals surface area contributed by atoms with Gasteiger partial charge in [-0.15, -0.1) is 0 Å². The standard InChI is InChI=1S/C15H24N2O2/c1-5-17(11(2)3)14-8-6-13(7-9-14)15(19)16-12(4)10-18/h6-9,11-12,18H,5,10H2,1-4H3,(H,16,19). The van der Waals surface area contributed by atoms with Crippen LogP contribution in [0.4, 0.5) is 5.69 Å². The number of carbonyl (C=O) groups is 1. The van der Waals surface area contributed by atoms with Crippen molar-refractivity contribution in [1.29, 1.82) is 0 Å². The molecule has 4 nitrogen and oxygen atoms in total. The molecule has 1 aromatic carbocycles. The molecule has 1 rings (SSSR count). The van der Waals surface area contributed by atoms with Crippen molar-refractivity contribution < 1.29 is 9.90 Å². The number of nitrogens with one attached hydrogen (secondary N) is 1. The molecule has 0 aliphatic carbocycles. The Balaban J connectivity index is 2.78. The van der Waals surface area contributed by atoms with Crippen molar-refractivity contribution in [2.24, 2.45) is 0 Å². The summed E-state index contributed by atoms with van der Waals surface area (Å²) in [5.41, 5.74) is 1.73. The molecule has 1 atom stereocenters. The molecule has 0 fully saturated rings. The zero-order valence-electron chi connectivity index (χ0n) is 12.2. The SMILES string of the molecule is CCN(c1ccc(C(=O)NC(C)CO)cc1)C(C)C. The van der Waals surface area contributed by atoms with Crippen LogP contribution in [0.25, 0.3) is 0 Å². The van der Waals surface area contributed by atoms with Crippen LogP contribution in [0.2, 0.25) is 0 Å². The molecule has 0 aromatic heterocycles. The van der Waals surface area contributed by atoms with Gasteiger partial charge < -0.3 is 15.3 Å². The van der Waals surface area contributed by atoms with Gasteiger partial charge in [0.15, 0.2) is 0 Å². The summed E-state index contributed by atoms with van der Waals surface area (Å²) in [4.78, 5) is 14.1. The quantitative estimate of drug-likeness (QED) is 0.826. The van der Waals surface area contributed by atoms with Crippen LogP contribution in [0.3, 0.4) is 0 Å². The largest absolute Gasteiger partial charge is 0.394 e. The number of hydrogen-bond acceptors (Lipinski definition) is 3. The van der Waals surface area contributed by atoms with Crippen molar-refractivity contribution in [3.8, 4) is 0 Å². The Morgan fingerprint density at radius 1 is 1.26 bits per heavy atom. The highest BCUT2D eigenvalue weighted by Crippen LogP contribution is 2.17. The summed E-state index contributed by atoms with van der Waals surface area (Å²) in [5, 5.41) is 11.6. The van der Waals surface area contributed by atoms with Crippen LogP contribution in [0.15, 0.2) is 24.3 Å². The molecule has 0 radical (unpaired) electrons. The highest BCUT2D eigenvalue weighted by Gasteiger charge is 2.11. The summed E-state index contributed by atoms with van der Waals surface area (Å²) in [6, 6.07) is 7.76. The van der Waals surface area contributed by atoms with Crippen LogP contribution in [0.1, 0.15) is 38.1 Å². The molecule has 0 aliphatic heterocycles. The van der Waals surface area contributed by atoms with Crippen molar-refractivity contribution in [2.75, 3.05) is 18.1 Å². The second-order valence-electron chi connectivity index (χ2n) is 4.98. The molecule has 1 aromatic rings. The minimum atomic E-state index is -0.227. The predicted octanol–water partition coefficient (Wildman–Crippen LogP) is 2.03. The normalized spacial score (nSPS) is 12.3. The van der Waals surface area contributed by atoms with Gasteiger partial charge in [-0.25, -0.2) is 0 Å². The van der Waals surface area contributed by atoms with E-state index in [1.54, 1.807) is 6.92 Å². The van der Waals surface area contributed by atoms with Gasteiger partial charge in [-0.1, -0.05) is 0 Å². The Morgan fingerprint density at radius 2 is 1.84 bits per heavy atom. The smallest absolute Gasteiger partial charge is 0.251 e. The van der Waals surface area contributed by atoms with Gasteiger partial charge in [0, 0.05) is 29.9 Å². The Hall–Kier alpha value is -1.55. The average molecular weight is 264 g/mol. The highest BCUT2D eigenvalue weighted by atomic mass is 16.3. The van der Waals surface area contributed by atoms with Crippen molar-refractivity contribution >= 4 is 11.6 Å². The molecule has 0 saturated carbocycles. The summed E-state index contributed by atoms with van der Waals surface area (Å²) >= 11 is 0. The maximum atomic E-state index is 11.9. The number of benzene rings is 1. The van der Waals surface area contributed by atoms with Crippen LogP contribution < -0.4 is 10.2 Å². The molecule has 1 unspecified atom stereocenters. The number of aliphatic hydroxyl groups excluding tert-OH is 1. The Bertz CT molecular complexity index is 401. The summed E-state index contributed by atoms with van der Waals surface area (Å²) in [5.74, 6) is -0.152. The van der Waals surface area contributed by atoms with E-state index in [-0.39, 0.29) is 18.6 Å². The maximum Gasteiger partial charge on any atom is 0.251 e. The van der Waals surface area contributed by atoms with Gasteiger partial charge >= 0.3 is 0 Å². The molecule has 0 spiro atoms. The zero-order valence-corrected chi connectivity index (χ0v) is 12.2. The fourth-order valence-corrected chi connectivity index (χ4v) is 2.00. The maximum absolute atomic E-state index is 11.9. The lowest BCUT2D eigenvalue weighted by Gasteiger charge is -2.27. The molecule has 0 bridgehead atoms. The molecule has 106 valence electrons. The number of nitrogens with zero attached hydrogens (tertiary/aromatic N) is 1. The number of hydrogen-bond donors (Lipinski definition) is 2. The van der Waals surface area contributed by atoms with Gasteiger partial charge in [0.1, 0.15) is 0 Å². The Kier molecular flexibility index (Phi) is 5.83. The van der Waals surface area contributed by atoms with E-state index in [2.05, 4.69) is 31.0 Å². The summed E-state index contributed by atoms with van der Waals surface area (Å²) in [7, 11) is 0. The van der Waals surface area contributed by atoms with E-state index in [0.717, 1.165) is 12.2 Å². The third kappa shape index (κ3) is 4.24. The fourth-order valence-electron chi connectivity index (χ4n) is 2.00. The van der Waals surface area contributed by atoms with E-state index in [9.17, 15) is 4.79 Å². The third-order valence-electron chi connectivity index (χ3n) is 3.08. The first-order valence-electron chi connectivity index (χ1n) is 6.78. The summed E-state index contributed by atoms with van der Waals surface area (Å²) in [6.07, 6.45) is 0. The lowest BCUT2D eigenvalue weighted by Crippen LogP contribution is -2.35. The van der Waals surface area contributed by atoms with Gasteiger partial charge in [-0.2, -0.15) is 0 Å². The van der Waals surface area contributed by atoms with Gasteiger partial charge in [-0.05, 0) is 52.0 Å². The lowest BCUT2D eigenvalue weighted by molar-refractivity contribution is 0.0922. The molecule has 0 heterocycles. The van der Waals surface area contributed by atoms with Crippen LogP contribution in [-0.4, -0.2) is 36.2 Å². The first-order valence-corrected chi connectivity index (χ1v) is 6.78. The average Bonchev–Trinajstić information content (AvgIpc) is 2.39. The predicted molar refractivity (Wildman–Crippen MR) is 78.6 cm³/mol. The van der Waals surface area contributed by atoms with Crippen molar-refractivity contribution in [3.05, 3.63) is 29.8 Å². The molecule has 4 heteroatoms. The molecule has 0 saturated heterocycles. The Labute approximate surface area is 115 Å². The van der Waals surface area contributed by atoms with E-state index < -0.39 is 0 Å². The van der Waals surface area contributed by atoms with Gasteiger partial charge in [0.2, 0.25) is 0 Å². The summed E-state index contributed by atoms with van der Waals surface area (Å²) < 4.78 is 0. The zero-order chi connectivity index (χ0) is 14.4. The van der Waals surface area contributed by atoms with Crippen molar-refractivity contribution in [2.45, 2.75) is 39.8 Å². The van der Waals surface area contributed by atoms with Gasteiger partial charge in [0.05, 0.1) is 6.61 Å². The lowest BCUT2D eigenvalue weighted by atomic mass is 10.1. The number of amides is 1. The molecular weight excluding hydrogens is 240 g/mol. The number of anilines is 1. The summed E-state index contributed by atoms with van der Waals surface area (Å²) in [6.45, 7) is 9.05. The first kappa shape index (κ1) is 15.5. The topological polar surface area (TPSA) is 52.6 Å². The van der Waals surface area contributed by atoms with Crippen LogP contribution in [0, 0.1) is 0 Å². The minimum absolute atomic E-state index is 0.0548. The van der Waals surface area contributed by atoms with Crippen LogP contribution in [-0.2, 0) is 0 Å². The molecule has 19 heavy (non-hydrogen) atoms. The van der Waals surface area contributed by atoms with Gasteiger partial charge in [-0.3, -0.25) is 4.79 Å². The molecule has 2 N–H and O–H groups in total. The second-order valence-corrected chi connectivity index (χ2v) is 4.98. The minimum Gasteiger partial charge on any atom is -0.394 e. The molecule has 1 amide bonds. The monoisotopic (exact) mass is 264 g/mol. The fraction of sp³-hybridized carbons (Fsp3) is 0.533. The second kappa shape index (κ2) is 7.14. The van der Waals surface area contributed by atoms with E-state index in [0.29, 0.717) is 11.6 Å². The Morgan fingerprint density at radius 3 is 2.26 bits per heavy atom. The molecular formula is C15H24N2O2. The van der Waals surface area contributed by atoms with Crippen molar-refractivity contribution in [3.63, 3.8) is 0 Å². The highest BCUT2D eigenvalue weighted by molar-refractivity contribution is 5.94. The van der Waals surface area contributed by atoms with Crippen LogP contribution in [0.5, 0.6) is 0 Å². The molecule has 0 aliphatic rings. The van der Waals surface area contributed by atoms with E-state index in [1.807, 2.05) is 24.3 Å². The van der Waals surface area contributed by atoms with Gasteiger partial charge in [0.25, 0.3) is 5.91 Å². The third-order valence-corrected chi connectivity index (χ3v) is 3.08. The van der Waals surface area contributed by atoms with Crippen molar-refractivity contribution in [1.82, 2.24) is 5.32 Å². The van der Waals surface area contributed by atoms with E-state index >= 15 is 0 Å². The number of carbonyl (C=O) groups excluding carboxylic acids is 1. The first-order chi connectivity index (χ1) is 8.99. The number of rotatable bonds is 6. The van der Waals surface area contributed by atoms with Crippen LogP contribution >= 0.6 is 0 Å².